The van der Waals surface area contributed by atoms with Crippen LogP contribution in [0.15, 0.2) is 72.8 Å². The fourth-order valence-corrected chi connectivity index (χ4v) is 3.24. The van der Waals surface area contributed by atoms with Crippen molar-refractivity contribution in [3.8, 4) is 0 Å². The summed E-state index contributed by atoms with van der Waals surface area (Å²) < 4.78 is 0. The Balaban J connectivity index is 1.62. The van der Waals surface area contributed by atoms with Crippen LogP contribution in [0.1, 0.15) is 18.0 Å². The fraction of sp³-hybridized carbons (Fsp3) is 0.150. The molecule has 4 rings (SSSR count). The van der Waals surface area contributed by atoms with Gasteiger partial charge >= 0.3 is 0 Å². The van der Waals surface area contributed by atoms with Crippen molar-refractivity contribution >= 4 is 22.4 Å². The van der Waals surface area contributed by atoms with E-state index in [9.17, 15) is 4.79 Å². The van der Waals surface area contributed by atoms with E-state index in [0.717, 1.165) is 11.3 Å². The maximum Gasteiger partial charge on any atom is 0.224 e. The lowest BCUT2D eigenvalue weighted by Gasteiger charge is -2.33. The lowest BCUT2D eigenvalue weighted by molar-refractivity contribution is -0.124. The molecule has 3 aromatic carbocycles. The highest BCUT2D eigenvalue weighted by Crippen LogP contribution is 2.28. The van der Waals surface area contributed by atoms with Crippen LogP contribution in [0.2, 0.25) is 0 Å². The number of nitrogens with one attached hydrogen (secondary N) is 3. The van der Waals surface area contributed by atoms with Gasteiger partial charge in [0.1, 0.15) is 0 Å². The zero-order valence-corrected chi connectivity index (χ0v) is 13.2. The molecule has 1 aliphatic heterocycles. The van der Waals surface area contributed by atoms with Crippen LogP contribution in [-0.4, -0.2) is 12.2 Å². The van der Waals surface area contributed by atoms with Gasteiger partial charge in [-0.3, -0.25) is 10.1 Å². The van der Waals surface area contributed by atoms with E-state index >= 15 is 0 Å². The monoisotopic (exact) mass is 317 g/mol. The number of rotatable bonds is 3. The number of carbonyl (C=O) groups excluding carboxylic acids is 1. The van der Waals surface area contributed by atoms with Gasteiger partial charge in [0.2, 0.25) is 5.91 Å². The molecule has 120 valence electrons. The molecule has 2 atom stereocenters. The number of benzene rings is 3. The predicted octanol–water partition coefficient (Wildman–Crippen LogP) is 3.39. The summed E-state index contributed by atoms with van der Waals surface area (Å²) in [6, 6.07) is 24.4. The molecule has 2 unspecified atom stereocenters. The molecular weight excluding hydrogens is 298 g/mol. The molecule has 0 aliphatic carbocycles. The molecule has 0 spiro atoms. The second kappa shape index (κ2) is 6.34. The van der Waals surface area contributed by atoms with E-state index < -0.39 is 0 Å². The van der Waals surface area contributed by atoms with Crippen LogP contribution in [0.5, 0.6) is 0 Å². The normalized spacial score (nSPS) is 20.6. The van der Waals surface area contributed by atoms with Gasteiger partial charge in [0, 0.05) is 18.2 Å². The average molecular weight is 317 g/mol. The van der Waals surface area contributed by atoms with Gasteiger partial charge in [-0.05, 0) is 28.5 Å². The second-order valence-electron chi connectivity index (χ2n) is 6.00. The van der Waals surface area contributed by atoms with Gasteiger partial charge in [0.05, 0.1) is 0 Å². The van der Waals surface area contributed by atoms with Gasteiger partial charge in [-0.25, -0.2) is 0 Å². The first kappa shape index (κ1) is 14.7. The zero-order chi connectivity index (χ0) is 16.4. The van der Waals surface area contributed by atoms with Crippen LogP contribution in [0, 0.1) is 0 Å². The van der Waals surface area contributed by atoms with Crippen molar-refractivity contribution in [3.63, 3.8) is 0 Å². The highest BCUT2D eigenvalue weighted by Gasteiger charge is 2.27. The van der Waals surface area contributed by atoms with Crippen LogP contribution in [0.4, 0.5) is 5.69 Å². The van der Waals surface area contributed by atoms with Crippen molar-refractivity contribution in [1.82, 2.24) is 10.6 Å². The van der Waals surface area contributed by atoms with E-state index in [1.165, 1.54) is 10.8 Å². The summed E-state index contributed by atoms with van der Waals surface area (Å²) >= 11 is 0. The molecule has 1 aliphatic rings. The Morgan fingerprint density at radius 1 is 0.875 bits per heavy atom. The largest absolute Gasteiger partial charge is 0.353 e. The van der Waals surface area contributed by atoms with Gasteiger partial charge in [0.15, 0.2) is 6.29 Å². The molecule has 1 amide bonds. The number of anilines is 1. The summed E-state index contributed by atoms with van der Waals surface area (Å²) in [5.41, 5.74) is 2.12. The van der Waals surface area contributed by atoms with Gasteiger partial charge < -0.3 is 10.6 Å². The number of hydrogen-bond acceptors (Lipinski definition) is 3. The third-order valence-corrected chi connectivity index (χ3v) is 4.35. The minimum atomic E-state index is -0.294. The zero-order valence-electron chi connectivity index (χ0n) is 13.2. The Hall–Kier alpha value is -2.85. The summed E-state index contributed by atoms with van der Waals surface area (Å²) in [5, 5.41) is 12.1. The third-order valence-electron chi connectivity index (χ3n) is 4.35. The van der Waals surface area contributed by atoms with Crippen molar-refractivity contribution in [2.75, 3.05) is 5.32 Å². The Morgan fingerprint density at radius 3 is 2.50 bits per heavy atom. The van der Waals surface area contributed by atoms with E-state index in [0.29, 0.717) is 6.42 Å². The minimum absolute atomic E-state index is 0.0222. The SMILES string of the molecule is O=C1CC(c2cccc3ccccc23)NC(Nc2ccccc2)N1. The van der Waals surface area contributed by atoms with Crippen LogP contribution < -0.4 is 16.0 Å². The molecule has 0 aromatic heterocycles. The standard InChI is InChI=1S/C20H19N3O/c24-19-13-18(17-12-6-8-14-7-4-5-11-16(14)17)22-20(23-19)21-15-9-2-1-3-10-15/h1-12,18,20-22H,13H2,(H,23,24). The first-order valence-electron chi connectivity index (χ1n) is 8.14. The number of hydrogen-bond donors (Lipinski definition) is 3. The number of carbonyl (C=O) groups is 1. The molecular formula is C20H19N3O. The smallest absolute Gasteiger partial charge is 0.224 e. The van der Waals surface area contributed by atoms with Gasteiger partial charge in [-0.1, -0.05) is 60.7 Å². The predicted molar refractivity (Wildman–Crippen MR) is 96.4 cm³/mol. The Labute approximate surface area is 140 Å². The van der Waals surface area contributed by atoms with E-state index in [4.69, 9.17) is 0 Å². The lowest BCUT2D eigenvalue weighted by atomic mass is 9.95. The van der Waals surface area contributed by atoms with Crippen molar-refractivity contribution in [1.29, 1.82) is 0 Å². The van der Waals surface area contributed by atoms with E-state index in [2.05, 4.69) is 40.2 Å². The summed E-state index contributed by atoms with van der Waals surface area (Å²) in [7, 11) is 0. The summed E-state index contributed by atoms with van der Waals surface area (Å²) in [4.78, 5) is 12.2. The Morgan fingerprint density at radius 2 is 1.62 bits per heavy atom. The molecule has 1 saturated heterocycles. The van der Waals surface area contributed by atoms with Crippen LogP contribution >= 0.6 is 0 Å². The van der Waals surface area contributed by atoms with E-state index in [1.807, 2.05) is 48.5 Å². The minimum Gasteiger partial charge on any atom is -0.353 e. The molecule has 24 heavy (non-hydrogen) atoms. The molecule has 0 radical (unpaired) electrons. The lowest BCUT2D eigenvalue weighted by Crippen LogP contribution is -2.56. The Bertz CT molecular complexity index is 858. The molecule has 4 heteroatoms. The molecule has 1 heterocycles. The second-order valence-corrected chi connectivity index (χ2v) is 6.00. The molecule has 3 aromatic rings. The van der Waals surface area contributed by atoms with Crippen molar-refractivity contribution in [3.05, 3.63) is 78.4 Å². The fourth-order valence-electron chi connectivity index (χ4n) is 3.24. The van der Waals surface area contributed by atoms with Crippen molar-refractivity contribution in [2.45, 2.75) is 18.8 Å². The average Bonchev–Trinajstić information content (AvgIpc) is 2.61. The van der Waals surface area contributed by atoms with Gasteiger partial charge in [0.25, 0.3) is 0 Å². The maximum absolute atomic E-state index is 12.2. The number of para-hydroxylation sites is 1. The van der Waals surface area contributed by atoms with E-state index in [-0.39, 0.29) is 18.2 Å². The first-order chi connectivity index (χ1) is 11.8. The topological polar surface area (TPSA) is 53.2 Å². The number of amides is 1. The highest BCUT2D eigenvalue weighted by molar-refractivity contribution is 5.87. The number of fused-ring (bicyclic) bond motifs is 1. The molecule has 4 nitrogen and oxygen atoms in total. The van der Waals surface area contributed by atoms with E-state index in [1.54, 1.807) is 0 Å². The molecule has 0 bridgehead atoms. The summed E-state index contributed by atoms with van der Waals surface area (Å²) in [6.45, 7) is 0. The molecule has 1 fully saturated rings. The van der Waals surface area contributed by atoms with Crippen LogP contribution in [0.25, 0.3) is 10.8 Å². The van der Waals surface area contributed by atoms with Gasteiger partial charge in [-0.15, -0.1) is 0 Å². The maximum atomic E-state index is 12.2. The summed E-state index contributed by atoms with van der Waals surface area (Å²) in [6.07, 6.45) is 0.138. The van der Waals surface area contributed by atoms with Gasteiger partial charge in [-0.2, -0.15) is 0 Å². The third kappa shape index (κ3) is 2.96. The first-order valence-corrected chi connectivity index (χ1v) is 8.14. The van der Waals surface area contributed by atoms with Crippen LogP contribution in [-0.2, 0) is 4.79 Å². The van der Waals surface area contributed by atoms with Crippen molar-refractivity contribution in [2.24, 2.45) is 0 Å². The van der Waals surface area contributed by atoms with Crippen LogP contribution in [0.3, 0.4) is 0 Å². The quantitative estimate of drug-likeness (QED) is 0.694. The molecule has 0 saturated carbocycles. The Kier molecular flexibility index (Phi) is 3.89. The summed E-state index contributed by atoms with van der Waals surface area (Å²) in [5.74, 6) is 0.0418. The molecule has 3 N–H and O–H groups in total. The van der Waals surface area contributed by atoms with Crippen molar-refractivity contribution < 1.29 is 4.79 Å². The highest BCUT2D eigenvalue weighted by atomic mass is 16.2.